The molecule has 1 atom stereocenters. The molecule has 1 aliphatic carbocycles. The van der Waals surface area contributed by atoms with Gasteiger partial charge in [0, 0.05) is 18.0 Å². The van der Waals surface area contributed by atoms with Crippen molar-refractivity contribution in [3.8, 4) is 0 Å². The fourth-order valence-corrected chi connectivity index (χ4v) is 2.23. The Morgan fingerprint density at radius 1 is 1.29 bits per heavy atom. The van der Waals surface area contributed by atoms with Gasteiger partial charge in [-0.3, -0.25) is 0 Å². The Hall–Kier alpha value is -1.70. The van der Waals surface area contributed by atoms with E-state index in [1.54, 1.807) is 0 Å². The van der Waals surface area contributed by atoms with E-state index < -0.39 is 0 Å². The molecule has 1 aliphatic heterocycles. The molecule has 3 N–H and O–H groups in total. The molecule has 1 heterocycles. The summed E-state index contributed by atoms with van der Waals surface area (Å²) >= 11 is 0. The minimum Gasteiger partial charge on any atom is -0.385 e. The van der Waals surface area contributed by atoms with Crippen LogP contribution in [0.4, 0.5) is 0 Å². The average Bonchev–Trinajstić information content (AvgIpc) is 2.61. The second kappa shape index (κ2) is 2.64. The molecule has 70 valence electrons. The summed E-state index contributed by atoms with van der Waals surface area (Å²) < 4.78 is 0. The minimum atomic E-state index is 0.463. The maximum Gasteiger partial charge on any atom is 0.101 e. The van der Waals surface area contributed by atoms with Gasteiger partial charge in [-0.2, -0.15) is 0 Å². The standard InChI is InChI=1S/C12H12N2/c13-12-11-9(7-14-12)6-5-8-3-1-2-4-10(8)11/h1-6,9,14H,7,13H2/t9-/m0/s1. The maximum atomic E-state index is 5.94. The van der Waals surface area contributed by atoms with Gasteiger partial charge in [-0.25, -0.2) is 0 Å². The highest BCUT2D eigenvalue weighted by molar-refractivity contribution is 5.83. The summed E-state index contributed by atoms with van der Waals surface area (Å²) in [4.78, 5) is 0. The van der Waals surface area contributed by atoms with E-state index in [4.69, 9.17) is 5.73 Å². The van der Waals surface area contributed by atoms with Gasteiger partial charge in [0.1, 0.15) is 5.82 Å². The Kier molecular flexibility index (Phi) is 1.45. The first-order chi connectivity index (χ1) is 6.86. The Morgan fingerprint density at radius 3 is 3.07 bits per heavy atom. The Bertz CT molecular complexity index is 443. The van der Waals surface area contributed by atoms with Crippen LogP contribution in [0.2, 0.25) is 0 Å². The van der Waals surface area contributed by atoms with Crippen LogP contribution < -0.4 is 11.1 Å². The molecule has 2 nitrogen and oxygen atoms in total. The number of nitrogens with one attached hydrogen (secondary N) is 1. The van der Waals surface area contributed by atoms with Gasteiger partial charge in [0.05, 0.1) is 0 Å². The first-order valence-corrected chi connectivity index (χ1v) is 4.87. The van der Waals surface area contributed by atoms with Crippen molar-refractivity contribution in [2.75, 3.05) is 6.54 Å². The Labute approximate surface area is 83.1 Å². The first kappa shape index (κ1) is 7.68. The minimum absolute atomic E-state index is 0.463. The van der Waals surface area contributed by atoms with E-state index in [2.05, 4.69) is 41.7 Å². The number of fused-ring (bicyclic) bond motifs is 3. The van der Waals surface area contributed by atoms with Gasteiger partial charge in [0.15, 0.2) is 0 Å². The third kappa shape index (κ3) is 0.909. The Morgan fingerprint density at radius 2 is 2.14 bits per heavy atom. The maximum absolute atomic E-state index is 5.94. The molecule has 0 aromatic heterocycles. The lowest BCUT2D eigenvalue weighted by atomic mass is 9.86. The quantitative estimate of drug-likeness (QED) is 0.642. The highest BCUT2D eigenvalue weighted by Crippen LogP contribution is 2.36. The lowest BCUT2D eigenvalue weighted by molar-refractivity contribution is 0.776. The summed E-state index contributed by atoms with van der Waals surface area (Å²) in [6, 6.07) is 8.39. The number of nitrogens with two attached hydrogens (primary N) is 1. The molecule has 0 saturated heterocycles. The summed E-state index contributed by atoms with van der Waals surface area (Å²) in [5.41, 5.74) is 9.75. The largest absolute Gasteiger partial charge is 0.385 e. The van der Waals surface area contributed by atoms with Crippen molar-refractivity contribution in [1.82, 2.24) is 5.32 Å². The summed E-state index contributed by atoms with van der Waals surface area (Å²) in [5, 5.41) is 3.21. The van der Waals surface area contributed by atoms with Gasteiger partial charge in [0.25, 0.3) is 0 Å². The molecular formula is C12H12N2. The Balaban J connectivity index is 2.26. The predicted octanol–water partition coefficient (Wildman–Crippen LogP) is 1.56. The zero-order valence-electron chi connectivity index (χ0n) is 7.83. The van der Waals surface area contributed by atoms with Gasteiger partial charge in [-0.05, 0) is 11.1 Å². The molecule has 1 aromatic rings. The van der Waals surface area contributed by atoms with Crippen LogP contribution in [0.1, 0.15) is 11.1 Å². The third-order valence-corrected chi connectivity index (χ3v) is 2.93. The topological polar surface area (TPSA) is 38.0 Å². The van der Waals surface area contributed by atoms with E-state index in [9.17, 15) is 0 Å². The van der Waals surface area contributed by atoms with E-state index >= 15 is 0 Å². The predicted molar refractivity (Wildman–Crippen MR) is 58.1 cm³/mol. The molecule has 0 unspecified atom stereocenters. The van der Waals surface area contributed by atoms with E-state index in [1.807, 2.05) is 0 Å². The van der Waals surface area contributed by atoms with Gasteiger partial charge in [-0.15, -0.1) is 0 Å². The van der Waals surface area contributed by atoms with Crippen LogP contribution in [-0.2, 0) is 0 Å². The second-order valence-electron chi connectivity index (χ2n) is 3.76. The van der Waals surface area contributed by atoms with Crippen LogP contribution in [0.3, 0.4) is 0 Å². The summed E-state index contributed by atoms with van der Waals surface area (Å²) in [5.74, 6) is 1.30. The van der Waals surface area contributed by atoms with Crippen molar-refractivity contribution in [1.29, 1.82) is 0 Å². The molecule has 14 heavy (non-hydrogen) atoms. The second-order valence-corrected chi connectivity index (χ2v) is 3.76. The molecule has 1 aromatic carbocycles. The molecule has 2 heteroatoms. The fraction of sp³-hybridized carbons (Fsp3) is 0.167. The third-order valence-electron chi connectivity index (χ3n) is 2.93. The SMILES string of the molecule is NC1=C2c3ccccc3C=C[C@H]2CN1. The zero-order valence-corrected chi connectivity index (χ0v) is 7.83. The normalized spacial score (nSPS) is 23.0. The average molecular weight is 184 g/mol. The molecule has 3 rings (SSSR count). The number of hydrogen-bond donors (Lipinski definition) is 2. The first-order valence-electron chi connectivity index (χ1n) is 4.87. The molecule has 0 fully saturated rings. The lowest BCUT2D eigenvalue weighted by Crippen LogP contribution is -2.15. The lowest BCUT2D eigenvalue weighted by Gasteiger charge is -2.17. The van der Waals surface area contributed by atoms with Crippen molar-refractivity contribution < 1.29 is 0 Å². The fourth-order valence-electron chi connectivity index (χ4n) is 2.23. The zero-order chi connectivity index (χ0) is 9.54. The molecule has 2 aliphatic rings. The van der Waals surface area contributed by atoms with E-state index in [1.165, 1.54) is 16.7 Å². The monoisotopic (exact) mass is 184 g/mol. The summed E-state index contributed by atoms with van der Waals surface area (Å²) in [7, 11) is 0. The van der Waals surface area contributed by atoms with Crippen molar-refractivity contribution in [2.45, 2.75) is 0 Å². The van der Waals surface area contributed by atoms with Crippen LogP contribution in [0.15, 0.2) is 36.2 Å². The van der Waals surface area contributed by atoms with Crippen LogP contribution >= 0.6 is 0 Å². The van der Waals surface area contributed by atoms with Crippen molar-refractivity contribution in [3.63, 3.8) is 0 Å². The van der Waals surface area contributed by atoms with Gasteiger partial charge in [0.2, 0.25) is 0 Å². The molecule has 0 saturated carbocycles. The highest BCUT2D eigenvalue weighted by Gasteiger charge is 2.26. The molecular weight excluding hydrogens is 172 g/mol. The molecule has 0 bridgehead atoms. The van der Waals surface area contributed by atoms with Crippen LogP contribution in [0.25, 0.3) is 11.6 Å². The van der Waals surface area contributed by atoms with Gasteiger partial charge < -0.3 is 11.1 Å². The van der Waals surface area contributed by atoms with Crippen LogP contribution in [0, 0.1) is 5.92 Å². The van der Waals surface area contributed by atoms with Crippen molar-refractivity contribution in [2.24, 2.45) is 11.7 Å². The number of benzene rings is 1. The van der Waals surface area contributed by atoms with Crippen molar-refractivity contribution in [3.05, 3.63) is 47.3 Å². The highest BCUT2D eigenvalue weighted by atomic mass is 15.0. The smallest absolute Gasteiger partial charge is 0.101 e. The summed E-state index contributed by atoms with van der Waals surface area (Å²) in [6.07, 6.45) is 4.41. The van der Waals surface area contributed by atoms with Crippen LogP contribution in [-0.4, -0.2) is 6.54 Å². The van der Waals surface area contributed by atoms with E-state index in [0.717, 1.165) is 12.4 Å². The van der Waals surface area contributed by atoms with E-state index in [-0.39, 0.29) is 0 Å². The molecule has 0 spiro atoms. The van der Waals surface area contributed by atoms with Gasteiger partial charge >= 0.3 is 0 Å². The van der Waals surface area contributed by atoms with Crippen molar-refractivity contribution >= 4 is 11.6 Å². The van der Waals surface area contributed by atoms with Crippen LogP contribution in [0.5, 0.6) is 0 Å². The molecule has 0 amide bonds. The summed E-state index contributed by atoms with van der Waals surface area (Å²) in [6.45, 7) is 0.937. The van der Waals surface area contributed by atoms with Gasteiger partial charge in [-0.1, -0.05) is 36.4 Å². The number of hydrogen-bond acceptors (Lipinski definition) is 2. The van der Waals surface area contributed by atoms with E-state index in [0.29, 0.717) is 5.92 Å². The molecule has 0 radical (unpaired) electrons. The number of rotatable bonds is 0.